The highest BCUT2D eigenvalue weighted by molar-refractivity contribution is 7.99. The molecule has 0 saturated carbocycles. The minimum atomic E-state index is 0.153. The second-order valence-electron chi connectivity index (χ2n) is 6.50. The Labute approximate surface area is 163 Å². The van der Waals surface area contributed by atoms with E-state index in [0.717, 1.165) is 41.6 Å². The summed E-state index contributed by atoms with van der Waals surface area (Å²) < 4.78 is 2.04. The predicted molar refractivity (Wildman–Crippen MR) is 110 cm³/mol. The van der Waals surface area contributed by atoms with Crippen LogP contribution in [0.2, 0.25) is 0 Å². The lowest BCUT2D eigenvalue weighted by Crippen LogP contribution is -2.08. The van der Waals surface area contributed by atoms with Gasteiger partial charge < -0.3 is 5.32 Å². The standard InChI is InChI=1S/C21H21N5S/c1-3-26-21-18(19(25-26)17-6-4-5-9-23-17)20(27-11-10-24-21)16-8-7-15(13-22)12-14(16)2/h4-9,12,20,24H,3,10-11H2,1-2H3. The number of nitriles is 1. The first kappa shape index (κ1) is 17.6. The summed E-state index contributed by atoms with van der Waals surface area (Å²) in [7, 11) is 0. The van der Waals surface area contributed by atoms with Crippen LogP contribution in [0.3, 0.4) is 0 Å². The SMILES string of the molecule is CCn1nc(-c2ccccn2)c2c1NCCSC2c1ccc(C#N)cc1C. The zero-order valence-electron chi connectivity index (χ0n) is 15.4. The number of aromatic nitrogens is 3. The molecule has 0 fully saturated rings. The van der Waals surface area contributed by atoms with Gasteiger partial charge in [-0.05, 0) is 49.2 Å². The summed E-state index contributed by atoms with van der Waals surface area (Å²) in [5.41, 5.74) is 6.07. The third-order valence-corrected chi connectivity index (χ3v) is 6.08. The monoisotopic (exact) mass is 375 g/mol. The Bertz CT molecular complexity index is 1000. The van der Waals surface area contributed by atoms with E-state index in [4.69, 9.17) is 5.10 Å². The maximum absolute atomic E-state index is 9.21. The van der Waals surface area contributed by atoms with Crippen LogP contribution in [0, 0.1) is 18.3 Å². The van der Waals surface area contributed by atoms with Gasteiger partial charge in [0.1, 0.15) is 11.5 Å². The van der Waals surface area contributed by atoms with Crippen molar-refractivity contribution < 1.29 is 0 Å². The highest BCUT2D eigenvalue weighted by Crippen LogP contribution is 2.46. The lowest BCUT2D eigenvalue weighted by molar-refractivity contribution is 0.666. The van der Waals surface area contributed by atoms with Crippen LogP contribution in [0.4, 0.5) is 5.82 Å². The number of nitrogens with one attached hydrogen (secondary N) is 1. The second kappa shape index (κ2) is 7.45. The molecule has 1 aliphatic heterocycles. The van der Waals surface area contributed by atoms with Crippen molar-refractivity contribution in [1.29, 1.82) is 5.26 Å². The minimum absolute atomic E-state index is 0.153. The molecule has 1 aromatic carbocycles. The number of nitrogens with zero attached hydrogens (tertiary/aromatic N) is 4. The average Bonchev–Trinajstić information content (AvgIpc) is 2.94. The van der Waals surface area contributed by atoms with Crippen molar-refractivity contribution in [3.63, 3.8) is 0 Å². The lowest BCUT2D eigenvalue weighted by Gasteiger charge is -2.18. The Kier molecular flexibility index (Phi) is 4.87. The molecular weight excluding hydrogens is 354 g/mol. The number of pyridine rings is 1. The molecule has 3 aromatic rings. The van der Waals surface area contributed by atoms with Gasteiger partial charge in [-0.2, -0.15) is 10.4 Å². The fraction of sp³-hybridized carbons (Fsp3) is 0.286. The molecule has 6 heteroatoms. The molecule has 1 unspecified atom stereocenters. The molecule has 136 valence electrons. The van der Waals surface area contributed by atoms with Crippen LogP contribution in [-0.4, -0.2) is 27.1 Å². The Morgan fingerprint density at radius 2 is 2.22 bits per heavy atom. The molecule has 0 saturated heterocycles. The third kappa shape index (κ3) is 3.19. The second-order valence-corrected chi connectivity index (χ2v) is 7.72. The molecule has 0 bridgehead atoms. The van der Waals surface area contributed by atoms with Crippen LogP contribution in [0.25, 0.3) is 11.4 Å². The van der Waals surface area contributed by atoms with Crippen LogP contribution in [0.5, 0.6) is 0 Å². The van der Waals surface area contributed by atoms with Gasteiger partial charge in [0.2, 0.25) is 0 Å². The van der Waals surface area contributed by atoms with E-state index in [1.54, 1.807) is 0 Å². The normalized spacial score (nSPS) is 16.1. The number of hydrogen-bond acceptors (Lipinski definition) is 5. The van der Waals surface area contributed by atoms with Gasteiger partial charge in [-0.25, -0.2) is 4.68 Å². The first-order chi connectivity index (χ1) is 13.2. The van der Waals surface area contributed by atoms with E-state index in [0.29, 0.717) is 5.56 Å². The number of hydrogen-bond donors (Lipinski definition) is 1. The van der Waals surface area contributed by atoms with Gasteiger partial charge in [0.05, 0.1) is 22.6 Å². The van der Waals surface area contributed by atoms with Gasteiger partial charge >= 0.3 is 0 Å². The maximum atomic E-state index is 9.21. The van der Waals surface area contributed by atoms with Gasteiger partial charge in [-0.15, -0.1) is 11.8 Å². The Morgan fingerprint density at radius 3 is 2.93 bits per heavy atom. The van der Waals surface area contributed by atoms with E-state index in [1.165, 1.54) is 11.1 Å². The molecule has 3 heterocycles. The summed E-state index contributed by atoms with van der Waals surface area (Å²) in [6, 6.07) is 14.1. The first-order valence-electron chi connectivity index (χ1n) is 9.11. The zero-order valence-corrected chi connectivity index (χ0v) is 16.3. The Morgan fingerprint density at radius 1 is 1.33 bits per heavy atom. The van der Waals surface area contributed by atoms with Crippen molar-refractivity contribution >= 4 is 17.6 Å². The molecule has 0 amide bonds. The van der Waals surface area contributed by atoms with E-state index < -0.39 is 0 Å². The van der Waals surface area contributed by atoms with Crippen molar-refractivity contribution in [2.24, 2.45) is 0 Å². The van der Waals surface area contributed by atoms with Crippen molar-refractivity contribution in [2.45, 2.75) is 25.6 Å². The summed E-state index contributed by atoms with van der Waals surface area (Å²) in [5, 5.41) is 17.8. The quantitative estimate of drug-likeness (QED) is 0.735. The summed E-state index contributed by atoms with van der Waals surface area (Å²) in [5.74, 6) is 2.08. The summed E-state index contributed by atoms with van der Waals surface area (Å²) in [4.78, 5) is 4.56. The maximum Gasteiger partial charge on any atom is 0.129 e. The van der Waals surface area contributed by atoms with Crippen LogP contribution >= 0.6 is 11.8 Å². The molecule has 1 aliphatic rings. The Balaban J connectivity index is 1.93. The van der Waals surface area contributed by atoms with Gasteiger partial charge in [-0.3, -0.25) is 4.98 Å². The van der Waals surface area contributed by atoms with E-state index in [-0.39, 0.29) is 5.25 Å². The van der Waals surface area contributed by atoms with Crippen LogP contribution < -0.4 is 5.32 Å². The van der Waals surface area contributed by atoms with Crippen molar-refractivity contribution in [3.8, 4) is 17.5 Å². The molecule has 0 spiro atoms. The number of rotatable bonds is 3. The number of aryl methyl sites for hydroxylation is 2. The lowest BCUT2D eigenvalue weighted by atomic mass is 9.97. The van der Waals surface area contributed by atoms with E-state index in [1.807, 2.05) is 53.0 Å². The molecule has 0 aliphatic carbocycles. The van der Waals surface area contributed by atoms with Gasteiger partial charge in [0, 0.05) is 30.6 Å². The molecule has 2 aromatic heterocycles. The van der Waals surface area contributed by atoms with E-state index in [9.17, 15) is 5.26 Å². The fourth-order valence-corrected chi connectivity index (χ4v) is 4.84. The highest BCUT2D eigenvalue weighted by Gasteiger charge is 2.30. The molecule has 5 nitrogen and oxygen atoms in total. The summed E-state index contributed by atoms with van der Waals surface area (Å²) >= 11 is 1.91. The zero-order chi connectivity index (χ0) is 18.8. The average molecular weight is 376 g/mol. The molecule has 1 atom stereocenters. The summed E-state index contributed by atoms with van der Waals surface area (Å²) in [6.07, 6.45) is 1.81. The highest BCUT2D eigenvalue weighted by atomic mass is 32.2. The molecule has 1 N–H and O–H groups in total. The molecule has 27 heavy (non-hydrogen) atoms. The number of anilines is 1. The minimum Gasteiger partial charge on any atom is -0.369 e. The Hall–Kier alpha value is -2.78. The third-order valence-electron chi connectivity index (χ3n) is 4.82. The number of fused-ring (bicyclic) bond motifs is 1. The van der Waals surface area contributed by atoms with Gasteiger partial charge in [0.25, 0.3) is 0 Å². The first-order valence-corrected chi connectivity index (χ1v) is 10.2. The number of benzene rings is 1. The van der Waals surface area contributed by atoms with E-state index in [2.05, 4.69) is 36.3 Å². The fourth-order valence-electron chi connectivity index (χ4n) is 3.55. The van der Waals surface area contributed by atoms with Crippen molar-refractivity contribution in [1.82, 2.24) is 14.8 Å². The molecular formula is C21H21N5S. The summed E-state index contributed by atoms with van der Waals surface area (Å²) in [6.45, 7) is 5.89. The number of thioether (sulfide) groups is 1. The van der Waals surface area contributed by atoms with Crippen LogP contribution in [0.1, 0.15) is 34.4 Å². The topological polar surface area (TPSA) is 66.5 Å². The van der Waals surface area contributed by atoms with Crippen molar-refractivity contribution in [2.75, 3.05) is 17.6 Å². The predicted octanol–water partition coefficient (Wildman–Crippen LogP) is 4.39. The molecule has 4 rings (SSSR count). The molecule has 0 radical (unpaired) electrons. The van der Waals surface area contributed by atoms with Crippen LogP contribution in [-0.2, 0) is 6.54 Å². The van der Waals surface area contributed by atoms with Crippen molar-refractivity contribution in [3.05, 3.63) is 64.8 Å². The van der Waals surface area contributed by atoms with Gasteiger partial charge in [0.15, 0.2) is 0 Å². The van der Waals surface area contributed by atoms with E-state index >= 15 is 0 Å². The van der Waals surface area contributed by atoms with Crippen LogP contribution in [0.15, 0.2) is 42.6 Å². The smallest absolute Gasteiger partial charge is 0.129 e. The largest absolute Gasteiger partial charge is 0.369 e. The van der Waals surface area contributed by atoms with Gasteiger partial charge in [-0.1, -0.05) is 12.1 Å².